The van der Waals surface area contributed by atoms with Crippen LogP contribution >= 0.6 is 0 Å². The molecule has 4 heteroatoms. The van der Waals surface area contributed by atoms with E-state index in [0.717, 1.165) is 16.3 Å². The molecule has 3 aromatic rings. The molecule has 0 spiro atoms. The molecule has 0 fully saturated rings. The molecule has 3 aromatic carbocycles. The molecule has 0 saturated heterocycles. The lowest BCUT2D eigenvalue weighted by atomic mass is 10.0. The van der Waals surface area contributed by atoms with Crippen LogP contribution in [-0.2, 0) is 0 Å². The number of methoxy groups -OCH3 is 2. The minimum absolute atomic E-state index is 0.151. The molecule has 24 heavy (non-hydrogen) atoms. The number of hydrogen-bond donors (Lipinski definition) is 1. The molecule has 0 bridgehead atoms. The van der Waals surface area contributed by atoms with Gasteiger partial charge < -0.3 is 14.8 Å². The Morgan fingerprint density at radius 2 is 1.58 bits per heavy atom. The third-order valence-corrected chi connectivity index (χ3v) is 4.01. The van der Waals surface area contributed by atoms with Crippen molar-refractivity contribution in [3.8, 4) is 11.5 Å². The van der Waals surface area contributed by atoms with Gasteiger partial charge in [-0.2, -0.15) is 0 Å². The van der Waals surface area contributed by atoms with Crippen LogP contribution in [0.1, 0.15) is 15.9 Å². The van der Waals surface area contributed by atoms with E-state index in [4.69, 9.17) is 9.47 Å². The highest BCUT2D eigenvalue weighted by Gasteiger charge is 2.14. The molecule has 0 aliphatic heterocycles. The largest absolute Gasteiger partial charge is 0.493 e. The summed E-state index contributed by atoms with van der Waals surface area (Å²) in [6, 6.07) is 17.2. The van der Waals surface area contributed by atoms with Gasteiger partial charge in [0.25, 0.3) is 5.91 Å². The first-order valence-corrected chi connectivity index (χ1v) is 7.65. The van der Waals surface area contributed by atoms with E-state index in [9.17, 15) is 4.79 Å². The highest BCUT2D eigenvalue weighted by molar-refractivity contribution is 6.13. The van der Waals surface area contributed by atoms with Gasteiger partial charge in [0.05, 0.1) is 14.2 Å². The predicted molar refractivity (Wildman–Crippen MR) is 96.2 cm³/mol. The highest BCUT2D eigenvalue weighted by Crippen LogP contribution is 2.33. The fourth-order valence-electron chi connectivity index (χ4n) is 2.73. The van der Waals surface area contributed by atoms with Crippen LogP contribution < -0.4 is 14.8 Å². The zero-order chi connectivity index (χ0) is 17.1. The van der Waals surface area contributed by atoms with Gasteiger partial charge in [0.1, 0.15) is 0 Å². The fraction of sp³-hybridized carbons (Fsp3) is 0.150. The molecular formula is C20H19NO3. The Hall–Kier alpha value is -3.01. The van der Waals surface area contributed by atoms with E-state index in [1.807, 2.05) is 55.5 Å². The summed E-state index contributed by atoms with van der Waals surface area (Å²) in [6.45, 7) is 1.92. The number of hydrogen-bond acceptors (Lipinski definition) is 3. The van der Waals surface area contributed by atoms with Crippen LogP contribution in [0, 0.1) is 6.92 Å². The van der Waals surface area contributed by atoms with Crippen molar-refractivity contribution in [2.75, 3.05) is 19.5 Å². The fourth-order valence-corrected chi connectivity index (χ4v) is 2.73. The third kappa shape index (κ3) is 2.91. The van der Waals surface area contributed by atoms with Crippen LogP contribution in [-0.4, -0.2) is 20.1 Å². The van der Waals surface area contributed by atoms with Crippen LogP contribution in [0.3, 0.4) is 0 Å². The first-order chi connectivity index (χ1) is 11.6. The number of fused-ring (bicyclic) bond motifs is 1. The van der Waals surface area contributed by atoms with Crippen molar-refractivity contribution < 1.29 is 14.3 Å². The maximum atomic E-state index is 12.8. The lowest BCUT2D eigenvalue weighted by Gasteiger charge is -2.14. The van der Waals surface area contributed by atoms with Gasteiger partial charge in [-0.25, -0.2) is 0 Å². The Morgan fingerprint density at radius 3 is 2.33 bits per heavy atom. The zero-order valence-corrected chi connectivity index (χ0v) is 13.9. The smallest absolute Gasteiger partial charge is 0.256 e. The Balaban J connectivity index is 1.97. The molecule has 0 aliphatic carbocycles. The quantitative estimate of drug-likeness (QED) is 0.774. The van der Waals surface area contributed by atoms with E-state index in [1.165, 1.54) is 0 Å². The lowest BCUT2D eigenvalue weighted by Crippen LogP contribution is -2.13. The van der Waals surface area contributed by atoms with E-state index in [0.29, 0.717) is 22.7 Å². The zero-order valence-electron chi connectivity index (χ0n) is 13.9. The predicted octanol–water partition coefficient (Wildman–Crippen LogP) is 4.42. The number of ether oxygens (including phenoxy) is 2. The van der Waals surface area contributed by atoms with Gasteiger partial charge in [-0.15, -0.1) is 0 Å². The number of benzene rings is 3. The summed E-state index contributed by atoms with van der Waals surface area (Å²) < 4.78 is 10.6. The Kier molecular flexibility index (Phi) is 4.38. The second-order valence-corrected chi connectivity index (χ2v) is 5.50. The number of amides is 1. The van der Waals surface area contributed by atoms with E-state index in [2.05, 4.69) is 5.32 Å². The van der Waals surface area contributed by atoms with Crippen molar-refractivity contribution in [1.82, 2.24) is 0 Å². The summed E-state index contributed by atoms with van der Waals surface area (Å²) in [7, 11) is 3.16. The second kappa shape index (κ2) is 6.62. The summed E-state index contributed by atoms with van der Waals surface area (Å²) in [5.74, 6) is 1.07. The number of anilines is 1. The molecule has 3 rings (SSSR count). The van der Waals surface area contributed by atoms with Gasteiger partial charge in [-0.1, -0.05) is 36.4 Å². The van der Waals surface area contributed by atoms with Gasteiger partial charge in [0.2, 0.25) is 0 Å². The van der Waals surface area contributed by atoms with Crippen LogP contribution in [0.2, 0.25) is 0 Å². The minimum atomic E-state index is -0.151. The molecule has 0 heterocycles. The number of carbonyl (C=O) groups is 1. The standard InChI is InChI=1S/C20H19NO3/c1-13-11-18(23-2)19(24-3)12-17(13)21-20(22)16-10-6-8-14-7-4-5-9-15(14)16/h4-12H,1-3H3,(H,21,22). The second-order valence-electron chi connectivity index (χ2n) is 5.50. The topological polar surface area (TPSA) is 47.6 Å². The SMILES string of the molecule is COc1cc(C)c(NC(=O)c2cccc3ccccc23)cc1OC. The summed E-state index contributed by atoms with van der Waals surface area (Å²) in [5.41, 5.74) is 2.24. The summed E-state index contributed by atoms with van der Waals surface area (Å²) in [5, 5.41) is 4.93. The Bertz CT molecular complexity index is 897. The average Bonchev–Trinajstić information content (AvgIpc) is 2.62. The third-order valence-electron chi connectivity index (χ3n) is 4.01. The minimum Gasteiger partial charge on any atom is -0.493 e. The summed E-state index contributed by atoms with van der Waals surface area (Å²) in [4.78, 5) is 12.8. The van der Waals surface area contributed by atoms with Gasteiger partial charge in [-0.05, 0) is 35.4 Å². The van der Waals surface area contributed by atoms with E-state index < -0.39 is 0 Å². The monoisotopic (exact) mass is 321 g/mol. The molecule has 0 aliphatic rings. The van der Waals surface area contributed by atoms with Crippen molar-refractivity contribution in [3.05, 3.63) is 65.7 Å². The molecule has 0 aromatic heterocycles. The van der Waals surface area contributed by atoms with Crippen molar-refractivity contribution in [2.24, 2.45) is 0 Å². The molecule has 122 valence electrons. The first-order valence-electron chi connectivity index (χ1n) is 7.65. The molecule has 0 unspecified atom stereocenters. The van der Waals surface area contributed by atoms with Crippen LogP contribution in [0.4, 0.5) is 5.69 Å². The van der Waals surface area contributed by atoms with Crippen molar-refractivity contribution in [3.63, 3.8) is 0 Å². The van der Waals surface area contributed by atoms with Crippen LogP contribution in [0.5, 0.6) is 11.5 Å². The first kappa shape index (κ1) is 15.9. The highest BCUT2D eigenvalue weighted by atomic mass is 16.5. The van der Waals surface area contributed by atoms with E-state index in [-0.39, 0.29) is 5.91 Å². The molecule has 0 radical (unpaired) electrons. The maximum Gasteiger partial charge on any atom is 0.256 e. The molecule has 0 saturated carbocycles. The molecule has 0 atom stereocenters. The van der Waals surface area contributed by atoms with Crippen molar-refractivity contribution >= 4 is 22.4 Å². The van der Waals surface area contributed by atoms with E-state index >= 15 is 0 Å². The number of rotatable bonds is 4. The van der Waals surface area contributed by atoms with Gasteiger partial charge in [0, 0.05) is 17.3 Å². The molecule has 1 amide bonds. The average molecular weight is 321 g/mol. The summed E-state index contributed by atoms with van der Waals surface area (Å²) in [6.07, 6.45) is 0. The van der Waals surface area contributed by atoms with Gasteiger partial charge >= 0.3 is 0 Å². The number of aryl methyl sites for hydroxylation is 1. The van der Waals surface area contributed by atoms with Gasteiger partial charge in [0.15, 0.2) is 11.5 Å². The van der Waals surface area contributed by atoms with Gasteiger partial charge in [-0.3, -0.25) is 4.79 Å². The van der Waals surface area contributed by atoms with Crippen molar-refractivity contribution in [2.45, 2.75) is 6.92 Å². The van der Waals surface area contributed by atoms with E-state index in [1.54, 1.807) is 20.3 Å². The lowest BCUT2D eigenvalue weighted by molar-refractivity contribution is 0.102. The molecular weight excluding hydrogens is 302 g/mol. The number of nitrogens with one attached hydrogen (secondary N) is 1. The Morgan fingerprint density at radius 1 is 0.917 bits per heavy atom. The Labute approximate surface area is 141 Å². The molecule has 4 nitrogen and oxygen atoms in total. The molecule has 1 N–H and O–H groups in total. The number of carbonyl (C=O) groups excluding carboxylic acids is 1. The summed E-state index contributed by atoms with van der Waals surface area (Å²) >= 11 is 0. The van der Waals surface area contributed by atoms with Crippen molar-refractivity contribution in [1.29, 1.82) is 0 Å². The maximum absolute atomic E-state index is 12.8. The normalized spacial score (nSPS) is 10.5. The van der Waals surface area contributed by atoms with Crippen LogP contribution in [0.15, 0.2) is 54.6 Å². The van der Waals surface area contributed by atoms with Crippen LogP contribution in [0.25, 0.3) is 10.8 Å².